The standard InChI is InChI=1S/C18H22N2/c1-15-6-2-4-8-17(15)18-9-5-3-7-16(18)14-20-12-10-19-11-13-20/h2-9,19H,10-14H2,1H3. The monoisotopic (exact) mass is 266 g/mol. The zero-order valence-corrected chi connectivity index (χ0v) is 12.1. The van der Waals surface area contributed by atoms with Crippen LogP contribution in [0.5, 0.6) is 0 Å². The quantitative estimate of drug-likeness (QED) is 0.918. The number of aryl methyl sites for hydroxylation is 1. The third kappa shape index (κ3) is 2.92. The molecule has 104 valence electrons. The topological polar surface area (TPSA) is 15.3 Å². The van der Waals surface area contributed by atoms with Crippen molar-refractivity contribution in [2.75, 3.05) is 26.2 Å². The highest BCUT2D eigenvalue weighted by atomic mass is 15.2. The number of rotatable bonds is 3. The second-order valence-corrected chi connectivity index (χ2v) is 5.50. The minimum Gasteiger partial charge on any atom is -0.314 e. The van der Waals surface area contributed by atoms with Crippen LogP contribution < -0.4 is 5.32 Å². The van der Waals surface area contributed by atoms with Gasteiger partial charge in [-0.3, -0.25) is 4.90 Å². The summed E-state index contributed by atoms with van der Waals surface area (Å²) in [4.78, 5) is 2.54. The molecule has 20 heavy (non-hydrogen) atoms. The molecule has 1 N–H and O–H groups in total. The second-order valence-electron chi connectivity index (χ2n) is 5.50. The summed E-state index contributed by atoms with van der Waals surface area (Å²) in [7, 11) is 0. The first kappa shape index (κ1) is 13.3. The van der Waals surface area contributed by atoms with Crippen LogP contribution in [-0.4, -0.2) is 31.1 Å². The molecule has 0 atom stereocenters. The van der Waals surface area contributed by atoms with Crippen molar-refractivity contribution in [1.29, 1.82) is 0 Å². The summed E-state index contributed by atoms with van der Waals surface area (Å²) in [5.74, 6) is 0. The molecule has 0 bridgehead atoms. The van der Waals surface area contributed by atoms with E-state index in [4.69, 9.17) is 0 Å². The smallest absolute Gasteiger partial charge is 0.0240 e. The molecule has 0 unspecified atom stereocenters. The van der Waals surface area contributed by atoms with Gasteiger partial charge in [-0.05, 0) is 29.2 Å². The van der Waals surface area contributed by atoms with Crippen molar-refractivity contribution >= 4 is 0 Å². The summed E-state index contributed by atoms with van der Waals surface area (Å²) < 4.78 is 0. The van der Waals surface area contributed by atoms with E-state index >= 15 is 0 Å². The van der Waals surface area contributed by atoms with Gasteiger partial charge in [-0.15, -0.1) is 0 Å². The average Bonchev–Trinajstić information content (AvgIpc) is 2.50. The van der Waals surface area contributed by atoms with Crippen LogP contribution in [0.3, 0.4) is 0 Å². The molecular weight excluding hydrogens is 244 g/mol. The Morgan fingerprint density at radius 3 is 2.30 bits per heavy atom. The van der Waals surface area contributed by atoms with Crippen LogP contribution in [0.4, 0.5) is 0 Å². The highest BCUT2D eigenvalue weighted by molar-refractivity contribution is 5.70. The van der Waals surface area contributed by atoms with Gasteiger partial charge in [0.1, 0.15) is 0 Å². The van der Waals surface area contributed by atoms with E-state index in [1.54, 1.807) is 0 Å². The molecule has 1 saturated heterocycles. The predicted molar refractivity (Wildman–Crippen MR) is 84.8 cm³/mol. The Morgan fingerprint density at radius 1 is 0.900 bits per heavy atom. The number of hydrogen-bond acceptors (Lipinski definition) is 2. The van der Waals surface area contributed by atoms with Gasteiger partial charge in [-0.25, -0.2) is 0 Å². The molecular formula is C18H22N2. The molecule has 0 spiro atoms. The summed E-state index contributed by atoms with van der Waals surface area (Å²) in [5, 5.41) is 3.41. The Morgan fingerprint density at radius 2 is 1.55 bits per heavy atom. The molecule has 1 heterocycles. The lowest BCUT2D eigenvalue weighted by Crippen LogP contribution is -2.42. The summed E-state index contributed by atoms with van der Waals surface area (Å²) in [5.41, 5.74) is 5.52. The fourth-order valence-electron chi connectivity index (χ4n) is 2.91. The van der Waals surface area contributed by atoms with E-state index in [0.29, 0.717) is 0 Å². The molecule has 1 aliphatic rings. The summed E-state index contributed by atoms with van der Waals surface area (Å²) in [6.45, 7) is 7.73. The fraction of sp³-hybridized carbons (Fsp3) is 0.333. The second kappa shape index (κ2) is 6.21. The highest BCUT2D eigenvalue weighted by Crippen LogP contribution is 2.27. The van der Waals surface area contributed by atoms with Crippen LogP contribution in [0, 0.1) is 6.92 Å². The predicted octanol–water partition coefficient (Wildman–Crippen LogP) is 3.07. The molecule has 0 saturated carbocycles. The SMILES string of the molecule is Cc1ccccc1-c1ccccc1CN1CCNCC1. The Balaban J connectivity index is 1.90. The molecule has 1 fully saturated rings. The molecule has 0 amide bonds. The van der Waals surface area contributed by atoms with Gasteiger partial charge in [0.05, 0.1) is 0 Å². The molecule has 0 radical (unpaired) electrons. The number of piperazine rings is 1. The normalized spacial score (nSPS) is 16.2. The molecule has 2 aromatic rings. The fourth-order valence-corrected chi connectivity index (χ4v) is 2.91. The van der Waals surface area contributed by atoms with Crippen molar-refractivity contribution in [2.45, 2.75) is 13.5 Å². The van der Waals surface area contributed by atoms with E-state index in [2.05, 4.69) is 65.7 Å². The maximum atomic E-state index is 3.41. The molecule has 1 aliphatic heterocycles. The van der Waals surface area contributed by atoms with Gasteiger partial charge >= 0.3 is 0 Å². The van der Waals surface area contributed by atoms with Crippen LogP contribution in [0.2, 0.25) is 0 Å². The minimum atomic E-state index is 1.05. The Bertz CT molecular complexity index is 571. The average molecular weight is 266 g/mol. The maximum Gasteiger partial charge on any atom is 0.0240 e. The first-order valence-corrected chi connectivity index (χ1v) is 7.41. The number of nitrogens with zero attached hydrogens (tertiary/aromatic N) is 1. The largest absolute Gasteiger partial charge is 0.314 e. The van der Waals surface area contributed by atoms with E-state index in [0.717, 1.165) is 32.7 Å². The van der Waals surface area contributed by atoms with E-state index < -0.39 is 0 Å². The number of benzene rings is 2. The Hall–Kier alpha value is -1.64. The van der Waals surface area contributed by atoms with Crippen LogP contribution in [0.1, 0.15) is 11.1 Å². The van der Waals surface area contributed by atoms with E-state index in [1.165, 1.54) is 22.3 Å². The van der Waals surface area contributed by atoms with Gasteiger partial charge in [-0.2, -0.15) is 0 Å². The van der Waals surface area contributed by atoms with Gasteiger partial charge in [0.15, 0.2) is 0 Å². The van der Waals surface area contributed by atoms with Crippen molar-refractivity contribution in [2.24, 2.45) is 0 Å². The van der Waals surface area contributed by atoms with Gasteiger partial charge in [0.2, 0.25) is 0 Å². The summed E-state index contributed by atoms with van der Waals surface area (Å²) in [6.07, 6.45) is 0. The van der Waals surface area contributed by atoms with Crippen LogP contribution in [0.15, 0.2) is 48.5 Å². The van der Waals surface area contributed by atoms with Crippen LogP contribution >= 0.6 is 0 Å². The van der Waals surface area contributed by atoms with Crippen molar-refractivity contribution < 1.29 is 0 Å². The lowest BCUT2D eigenvalue weighted by Gasteiger charge is -2.28. The van der Waals surface area contributed by atoms with Gasteiger partial charge in [-0.1, -0.05) is 48.5 Å². The lowest BCUT2D eigenvalue weighted by molar-refractivity contribution is 0.233. The van der Waals surface area contributed by atoms with Crippen molar-refractivity contribution in [3.05, 3.63) is 59.7 Å². The van der Waals surface area contributed by atoms with Gasteiger partial charge in [0.25, 0.3) is 0 Å². The van der Waals surface area contributed by atoms with Crippen molar-refractivity contribution in [3.63, 3.8) is 0 Å². The van der Waals surface area contributed by atoms with Crippen LogP contribution in [0.25, 0.3) is 11.1 Å². The van der Waals surface area contributed by atoms with E-state index in [-0.39, 0.29) is 0 Å². The third-order valence-electron chi connectivity index (χ3n) is 4.06. The van der Waals surface area contributed by atoms with Crippen molar-refractivity contribution in [3.8, 4) is 11.1 Å². The first-order chi connectivity index (χ1) is 9.84. The first-order valence-electron chi connectivity index (χ1n) is 7.41. The maximum absolute atomic E-state index is 3.41. The van der Waals surface area contributed by atoms with Gasteiger partial charge in [0, 0.05) is 32.7 Å². The molecule has 3 rings (SSSR count). The molecule has 2 nitrogen and oxygen atoms in total. The number of hydrogen-bond donors (Lipinski definition) is 1. The molecule has 0 aromatic heterocycles. The van der Waals surface area contributed by atoms with E-state index in [1.807, 2.05) is 0 Å². The molecule has 0 aliphatic carbocycles. The third-order valence-corrected chi connectivity index (χ3v) is 4.06. The molecule has 2 heteroatoms. The lowest BCUT2D eigenvalue weighted by atomic mass is 9.96. The van der Waals surface area contributed by atoms with E-state index in [9.17, 15) is 0 Å². The number of nitrogens with one attached hydrogen (secondary N) is 1. The Kier molecular flexibility index (Phi) is 4.14. The molecule has 2 aromatic carbocycles. The van der Waals surface area contributed by atoms with Gasteiger partial charge < -0.3 is 5.32 Å². The zero-order valence-electron chi connectivity index (χ0n) is 12.1. The Labute approximate surface area is 121 Å². The van der Waals surface area contributed by atoms with Crippen molar-refractivity contribution in [1.82, 2.24) is 10.2 Å². The highest BCUT2D eigenvalue weighted by Gasteiger charge is 2.13. The zero-order chi connectivity index (χ0) is 13.8. The van der Waals surface area contributed by atoms with Crippen LogP contribution in [-0.2, 0) is 6.54 Å². The minimum absolute atomic E-state index is 1.05. The summed E-state index contributed by atoms with van der Waals surface area (Å²) in [6, 6.07) is 17.5. The summed E-state index contributed by atoms with van der Waals surface area (Å²) >= 11 is 0.